The van der Waals surface area contributed by atoms with E-state index in [4.69, 9.17) is 25.1 Å². The molecule has 0 aromatic heterocycles. The number of anilines is 1. The van der Waals surface area contributed by atoms with Crippen LogP contribution in [0.4, 0.5) is 5.69 Å². The van der Waals surface area contributed by atoms with Crippen molar-refractivity contribution in [1.82, 2.24) is 0 Å². The van der Waals surface area contributed by atoms with Gasteiger partial charge in [0.05, 0.1) is 24.5 Å². The van der Waals surface area contributed by atoms with Crippen LogP contribution < -0.4 is 15.2 Å². The van der Waals surface area contributed by atoms with E-state index in [0.29, 0.717) is 24.5 Å². The van der Waals surface area contributed by atoms with Gasteiger partial charge in [-0.05, 0) is 6.92 Å². The van der Waals surface area contributed by atoms with Crippen LogP contribution in [0.3, 0.4) is 0 Å². The number of hydrogen-bond acceptors (Lipinski definition) is 5. The number of rotatable bonds is 7. The van der Waals surface area contributed by atoms with Crippen LogP contribution >= 0.6 is 0 Å². The Balaban J connectivity index is 2.97. The second-order valence-electron chi connectivity index (χ2n) is 4.11. The van der Waals surface area contributed by atoms with Crippen LogP contribution in [0.15, 0.2) is 12.1 Å². The average molecular weight is 269 g/mol. The van der Waals surface area contributed by atoms with Crippen molar-refractivity contribution < 1.29 is 24.1 Å². The van der Waals surface area contributed by atoms with Crippen LogP contribution in [-0.2, 0) is 4.74 Å². The average Bonchev–Trinajstić information content (AvgIpc) is 2.37. The lowest BCUT2D eigenvalue weighted by molar-refractivity contribution is 0.0696. The highest BCUT2D eigenvalue weighted by molar-refractivity contribution is 5.94. The smallest absolute Gasteiger partial charge is 0.337 e. The lowest BCUT2D eigenvalue weighted by Crippen LogP contribution is -2.15. The van der Waals surface area contributed by atoms with Crippen LogP contribution in [0.5, 0.6) is 11.5 Å². The number of aromatic carboxylic acids is 1. The SMILES string of the molecule is COCCC(C)Oc1cc(C(=O)O)c(N)cc1OC. The largest absolute Gasteiger partial charge is 0.493 e. The fourth-order valence-electron chi connectivity index (χ4n) is 1.57. The number of nitrogens with two attached hydrogens (primary N) is 1. The molecule has 1 rings (SSSR count). The van der Waals surface area contributed by atoms with Crippen molar-refractivity contribution in [3.8, 4) is 11.5 Å². The highest BCUT2D eigenvalue weighted by Crippen LogP contribution is 2.33. The number of carboxylic acids is 1. The van der Waals surface area contributed by atoms with Gasteiger partial charge >= 0.3 is 5.97 Å². The molecule has 1 unspecified atom stereocenters. The summed E-state index contributed by atoms with van der Waals surface area (Å²) in [6.07, 6.45) is 0.561. The Kier molecular flexibility index (Phi) is 5.44. The topological polar surface area (TPSA) is 91.0 Å². The molecular weight excluding hydrogens is 250 g/mol. The highest BCUT2D eigenvalue weighted by atomic mass is 16.5. The quantitative estimate of drug-likeness (QED) is 0.733. The Morgan fingerprint density at radius 3 is 2.58 bits per heavy atom. The van der Waals surface area contributed by atoms with E-state index in [1.165, 1.54) is 19.2 Å². The first-order chi connectivity index (χ1) is 8.99. The number of ether oxygens (including phenoxy) is 3. The molecular formula is C13H19NO5. The van der Waals surface area contributed by atoms with E-state index in [9.17, 15) is 4.79 Å². The molecule has 0 heterocycles. The second-order valence-corrected chi connectivity index (χ2v) is 4.11. The number of methoxy groups -OCH3 is 2. The molecule has 19 heavy (non-hydrogen) atoms. The maximum atomic E-state index is 11.0. The maximum absolute atomic E-state index is 11.0. The summed E-state index contributed by atoms with van der Waals surface area (Å²) in [7, 11) is 3.08. The Labute approximate surface area is 112 Å². The van der Waals surface area contributed by atoms with Crippen LogP contribution in [0, 0.1) is 0 Å². The number of hydrogen-bond donors (Lipinski definition) is 2. The molecule has 6 nitrogen and oxygen atoms in total. The fraction of sp³-hybridized carbons (Fsp3) is 0.462. The second kappa shape index (κ2) is 6.84. The van der Waals surface area contributed by atoms with Crippen LogP contribution in [0.2, 0.25) is 0 Å². The third kappa shape index (κ3) is 4.03. The van der Waals surface area contributed by atoms with Gasteiger partial charge in [-0.2, -0.15) is 0 Å². The predicted octanol–water partition coefficient (Wildman–Crippen LogP) is 1.78. The van der Waals surface area contributed by atoms with Gasteiger partial charge in [0.1, 0.15) is 0 Å². The van der Waals surface area contributed by atoms with Gasteiger partial charge < -0.3 is 25.1 Å². The summed E-state index contributed by atoms with van der Waals surface area (Å²) in [6, 6.07) is 2.82. The maximum Gasteiger partial charge on any atom is 0.337 e. The molecule has 1 aromatic rings. The normalized spacial score (nSPS) is 11.9. The highest BCUT2D eigenvalue weighted by Gasteiger charge is 2.16. The third-order valence-electron chi connectivity index (χ3n) is 2.62. The van der Waals surface area contributed by atoms with E-state index in [1.54, 1.807) is 7.11 Å². The van der Waals surface area contributed by atoms with E-state index in [0.717, 1.165) is 0 Å². The van der Waals surface area contributed by atoms with Gasteiger partial charge in [-0.3, -0.25) is 0 Å². The molecule has 6 heteroatoms. The Hall–Kier alpha value is -1.95. The molecule has 1 aromatic carbocycles. The van der Waals surface area contributed by atoms with Crippen molar-refractivity contribution >= 4 is 11.7 Å². The predicted molar refractivity (Wildman–Crippen MR) is 70.9 cm³/mol. The Morgan fingerprint density at radius 1 is 1.37 bits per heavy atom. The first-order valence-electron chi connectivity index (χ1n) is 5.86. The molecule has 0 radical (unpaired) electrons. The Morgan fingerprint density at radius 2 is 2.05 bits per heavy atom. The number of nitrogen functional groups attached to an aromatic ring is 1. The molecule has 0 aliphatic heterocycles. The van der Waals surface area contributed by atoms with Gasteiger partial charge in [-0.1, -0.05) is 0 Å². The van der Waals surface area contributed by atoms with Crippen LogP contribution in [0.25, 0.3) is 0 Å². The minimum absolute atomic E-state index is 0.00487. The van der Waals surface area contributed by atoms with E-state index in [2.05, 4.69) is 0 Å². The van der Waals surface area contributed by atoms with Gasteiger partial charge in [-0.15, -0.1) is 0 Å². The van der Waals surface area contributed by atoms with Gasteiger partial charge in [0.2, 0.25) is 0 Å². The molecule has 1 atom stereocenters. The summed E-state index contributed by atoms with van der Waals surface area (Å²) in [5.74, 6) is -0.334. The molecule has 0 spiro atoms. The molecule has 0 saturated heterocycles. The standard InChI is InChI=1S/C13H19NO5/c1-8(4-5-17-2)19-12-6-9(13(15)16)10(14)7-11(12)18-3/h6-8H,4-5,14H2,1-3H3,(H,15,16). The van der Waals surface area contributed by atoms with Gasteiger partial charge in [-0.25, -0.2) is 4.79 Å². The van der Waals surface area contributed by atoms with E-state index >= 15 is 0 Å². The van der Waals surface area contributed by atoms with Crippen molar-refractivity contribution in [2.24, 2.45) is 0 Å². The first-order valence-corrected chi connectivity index (χ1v) is 5.86. The summed E-state index contributed by atoms with van der Waals surface area (Å²) in [5.41, 5.74) is 5.78. The minimum Gasteiger partial charge on any atom is -0.493 e. The summed E-state index contributed by atoms with van der Waals surface area (Å²) >= 11 is 0. The molecule has 0 aliphatic carbocycles. The van der Waals surface area contributed by atoms with Crippen molar-refractivity contribution in [2.75, 3.05) is 26.6 Å². The van der Waals surface area contributed by atoms with Gasteiger partial charge in [0.15, 0.2) is 11.5 Å². The summed E-state index contributed by atoms with van der Waals surface area (Å²) in [5, 5.41) is 9.03. The first kappa shape index (κ1) is 15.1. The molecule has 0 aliphatic rings. The third-order valence-corrected chi connectivity index (χ3v) is 2.62. The summed E-state index contributed by atoms with van der Waals surface area (Å²) in [6.45, 7) is 2.43. The molecule has 0 fully saturated rings. The zero-order chi connectivity index (χ0) is 14.4. The monoisotopic (exact) mass is 269 g/mol. The molecule has 0 saturated carbocycles. The minimum atomic E-state index is -1.10. The summed E-state index contributed by atoms with van der Waals surface area (Å²) in [4.78, 5) is 11.0. The Bertz CT molecular complexity index is 447. The lowest BCUT2D eigenvalue weighted by atomic mass is 10.1. The van der Waals surface area contributed by atoms with Crippen molar-refractivity contribution in [3.63, 3.8) is 0 Å². The molecule has 3 N–H and O–H groups in total. The number of carbonyl (C=O) groups is 1. The molecule has 0 amide bonds. The lowest BCUT2D eigenvalue weighted by Gasteiger charge is -2.17. The fourth-order valence-corrected chi connectivity index (χ4v) is 1.57. The van der Waals surface area contributed by atoms with E-state index in [1.807, 2.05) is 6.92 Å². The number of carboxylic acid groups (broad SMARTS) is 1. The van der Waals surface area contributed by atoms with Gasteiger partial charge in [0.25, 0.3) is 0 Å². The van der Waals surface area contributed by atoms with Gasteiger partial charge in [0, 0.05) is 32.3 Å². The van der Waals surface area contributed by atoms with Crippen molar-refractivity contribution in [1.29, 1.82) is 0 Å². The van der Waals surface area contributed by atoms with Crippen LogP contribution in [-0.4, -0.2) is 38.0 Å². The van der Waals surface area contributed by atoms with E-state index < -0.39 is 5.97 Å². The molecule has 106 valence electrons. The van der Waals surface area contributed by atoms with E-state index in [-0.39, 0.29) is 17.4 Å². The zero-order valence-electron chi connectivity index (χ0n) is 11.3. The number of benzene rings is 1. The van der Waals surface area contributed by atoms with Crippen LogP contribution in [0.1, 0.15) is 23.7 Å². The zero-order valence-corrected chi connectivity index (χ0v) is 11.3. The molecule has 0 bridgehead atoms. The van der Waals surface area contributed by atoms with Crippen molar-refractivity contribution in [2.45, 2.75) is 19.4 Å². The summed E-state index contributed by atoms with van der Waals surface area (Å²) < 4.78 is 15.8. The van der Waals surface area contributed by atoms with Crippen molar-refractivity contribution in [3.05, 3.63) is 17.7 Å².